The average molecular weight is 606 g/mol. The summed E-state index contributed by atoms with van der Waals surface area (Å²) in [5.74, 6) is -1.29. The molecular weight excluding hydrogens is 574 g/mol. The molecule has 12 nitrogen and oxygen atoms in total. The van der Waals surface area contributed by atoms with Crippen LogP contribution in [0.1, 0.15) is 39.4 Å². The molecule has 0 saturated heterocycles. The highest BCUT2D eigenvalue weighted by atomic mass is 16.6. The number of carbonyl (C=O) groups is 4. The Balaban J connectivity index is 1.84. The summed E-state index contributed by atoms with van der Waals surface area (Å²) in [6.45, 7) is 4.93. The van der Waals surface area contributed by atoms with E-state index in [-0.39, 0.29) is 29.5 Å². The third-order valence-corrected chi connectivity index (χ3v) is 6.37. The molecule has 1 heterocycles. The SMILES string of the molecule is COc1cc(OC)c2c(-c3ccc(OC(C)=O)c(OC(C)=O)c3)cn(CC(O)c3ccc(OC(C)=O)c(OC(C)=O)c3)c2c1. The Morgan fingerprint density at radius 3 is 1.77 bits per heavy atom. The molecule has 1 unspecified atom stereocenters. The molecule has 0 bridgehead atoms. The largest absolute Gasteiger partial charge is 0.497 e. The van der Waals surface area contributed by atoms with Gasteiger partial charge >= 0.3 is 23.9 Å². The number of ether oxygens (including phenoxy) is 6. The summed E-state index contributed by atoms with van der Waals surface area (Å²) >= 11 is 0. The molecule has 44 heavy (non-hydrogen) atoms. The van der Waals surface area contributed by atoms with Crippen LogP contribution < -0.4 is 28.4 Å². The molecule has 0 aliphatic rings. The quantitative estimate of drug-likeness (QED) is 0.197. The minimum Gasteiger partial charge on any atom is -0.497 e. The highest BCUT2D eigenvalue weighted by molar-refractivity contribution is 6.01. The van der Waals surface area contributed by atoms with Gasteiger partial charge in [-0.1, -0.05) is 12.1 Å². The Hall–Kier alpha value is -5.36. The van der Waals surface area contributed by atoms with Crippen molar-refractivity contribution >= 4 is 34.8 Å². The Bertz CT molecular complexity index is 1750. The molecule has 12 heteroatoms. The first-order chi connectivity index (χ1) is 20.9. The van der Waals surface area contributed by atoms with Crippen molar-refractivity contribution < 1.29 is 52.7 Å². The van der Waals surface area contributed by atoms with E-state index in [1.54, 1.807) is 41.1 Å². The van der Waals surface area contributed by atoms with Crippen LogP contribution in [-0.2, 0) is 25.7 Å². The predicted molar refractivity (Wildman–Crippen MR) is 157 cm³/mol. The van der Waals surface area contributed by atoms with Crippen molar-refractivity contribution in [3.63, 3.8) is 0 Å². The fraction of sp³-hybridized carbons (Fsp3) is 0.250. The maximum absolute atomic E-state index is 11.8. The van der Waals surface area contributed by atoms with Crippen molar-refractivity contribution in [1.82, 2.24) is 4.57 Å². The lowest BCUT2D eigenvalue weighted by Gasteiger charge is -2.16. The third-order valence-electron chi connectivity index (χ3n) is 6.37. The van der Waals surface area contributed by atoms with Gasteiger partial charge in [-0.3, -0.25) is 19.2 Å². The zero-order valence-corrected chi connectivity index (χ0v) is 25.0. The normalized spacial score (nSPS) is 11.4. The minimum atomic E-state index is -1.11. The van der Waals surface area contributed by atoms with Crippen molar-refractivity contribution in [2.75, 3.05) is 14.2 Å². The summed E-state index contributed by atoms with van der Waals surface area (Å²) in [5.41, 5.74) is 2.28. The van der Waals surface area contributed by atoms with E-state index >= 15 is 0 Å². The molecule has 0 radical (unpaired) electrons. The van der Waals surface area contributed by atoms with Crippen molar-refractivity contribution in [2.24, 2.45) is 0 Å². The fourth-order valence-electron chi connectivity index (χ4n) is 4.66. The lowest BCUT2D eigenvalue weighted by molar-refractivity contribution is -0.134. The lowest BCUT2D eigenvalue weighted by atomic mass is 10.0. The molecular formula is C32H31NO11. The maximum Gasteiger partial charge on any atom is 0.308 e. The Morgan fingerprint density at radius 1 is 0.682 bits per heavy atom. The predicted octanol–water partition coefficient (Wildman–Crippen LogP) is 4.76. The minimum absolute atomic E-state index is 0.0171. The summed E-state index contributed by atoms with van der Waals surface area (Å²) in [4.78, 5) is 46.6. The monoisotopic (exact) mass is 605 g/mol. The number of methoxy groups -OCH3 is 2. The van der Waals surface area contributed by atoms with E-state index in [9.17, 15) is 24.3 Å². The van der Waals surface area contributed by atoms with Crippen LogP contribution in [0, 0.1) is 0 Å². The molecule has 1 aromatic heterocycles. The van der Waals surface area contributed by atoms with Crippen molar-refractivity contribution in [2.45, 2.75) is 40.3 Å². The molecule has 1 N–H and O–H groups in total. The van der Waals surface area contributed by atoms with Crippen LogP contribution in [-0.4, -0.2) is 47.8 Å². The topological polar surface area (TPSA) is 149 Å². The highest BCUT2D eigenvalue weighted by Crippen LogP contribution is 2.43. The summed E-state index contributed by atoms with van der Waals surface area (Å²) in [6.07, 6.45) is 0.674. The number of esters is 4. The van der Waals surface area contributed by atoms with Gasteiger partial charge in [0.1, 0.15) is 11.5 Å². The van der Waals surface area contributed by atoms with Gasteiger partial charge in [-0.15, -0.1) is 0 Å². The number of aliphatic hydroxyl groups is 1. The molecule has 0 amide bonds. The zero-order chi connectivity index (χ0) is 32.1. The van der Waals surface area contributed by atoms with Gasteiger partial charge in [-0.05, 0) is 35.4 Å². The molecule has 0 spiro atoms. The number of aromatic nitrogens is 1. The van der Waals surface area contributed by atoms with Crippen LogP contribution in [0.3, 0.4) is 0 Å². The Kier molecular flexibility index (Phi) is 9.54. The second-order valence-corrected chi connectivity index (χ2v) is 9.68. The van der Waals surface area contributed by atoms with Crippen LogP contribution in [0.4, 0.5) is 0 Å². The number of aliphatic hydroxyl groups excluding tert-OH is 1. The van der Waals surface area contributed by atoms with Gasteiger partial charge in [0.2, 0.25) is 0 Å². The number of fused-ring (bicyclic) bond motifs is 1. The Labute approximate surface area is 252 Å². The number of benzene rings is 3. The van der Waals surface area contributed by atoms with E-state index in [0.29, 0.717) is 39.1 Å². The van der Waals surface area contributed by atoms with Crippen LogP contribution in [0.2, 0.25) is 0 Å². The highest BCUT2D eigenvalue weighted by Gasteiger charge is 2.22. The van der Waals surface area contributed by atoms with E-state index in [4.69, 9.17) is 28.4 Å². The van der Waals surface area contributed by atoms with E-state index in [1.807, 2.05) is 0 Å². The summed E-state index contributed by atoms with van der Waals surface area (Å²) in [7, 11) is 3.03. The summed E-state index contributed by atoms with van der Waals surface area (Å²) in [6, 6.07) is 12.7. The maximum atomic E-state index is 11.8. The van der Waals surface area contributed by atoms with E-state index < -0.39 is 30.0 Å². The smallest absolute Gasteiger partial charge is 0.308 e. The number of hydrogen-bond donors (Lipinski definition) is 1. The van der Waals surface area contributed by atoms with Crippen LogP contribution in [0.5, 0.6) is 34.5 Å². The number of rotatable bonds is 10. The number of hydrogen-bond acceptors (Lipinski definition) is 11. The second kappa shape index (κ2) is 13.3. The van der Waals surface area contributed by atoms with Crippen molar-refractivity contribution in [1.29, 1.82) is 0 Å². The lowest BCUT2D eigenvalue weighted by Crippen LogP contribution is -2.10. The first-order valence-corrected chi connectivity index (χ1v) is 13.3. The van der Waals surface area contributed by atoms with Gasteiger partial charge in [0.15, 0.2) is 23.0 Å². The van der Waals surface area contributed by atoms with Gasteiger partial charge < -0.3 is 38.1 Å². The first-order valence-electron chi connectivity index (χ1n) is 13.3. The van der Waals surface area contributed by atoms with Gasteiger partial charge in [0.25, 0.3) is 0 Å². The molecule has 4 rings (SSSR count). The first kappa shape index (κ1) is 31.6. The average Bonchev–Trinajstić information content (AvgIpc) is 3.31. The third kappa shape index (κ3) is 7.16. The number of nitrogens with zero attached hydrogens (tertiary/aromatic N) is 1. The van der Waals surface area contributed by atoms with Crippen molar-refractivity contribution in [3.8, 4) is 45.6 Å². The summed E-state index contributed by atoms with van der Waals surface area (Å²) in [5, 5.41) is 12.0. The van der Waals surface area contributed by atoms with Crippen molar-refractivity contribution in [3.05, 3.63) is 60.3 Å². The zero-order valence-electron chi connectivity index (χ0n) is 25.0. The van der Waals surface area contributed by atoms with Gasteiger partial charge in [-0.25, -0.2) is 0 Å². The molecule has 3 aromatic carbocycles. The van der Waals surface area contributed by atoms with Crippen LogP contribution >= 0.6 is 0 Å². The van der Waals surface area contributed by atoms with Gasteiger partial charge in [0, 0.05) is 57.0 Å². The summed E-state index contributed by atoms with van der Waals surface area (Å²) < 4.78 is 33.9. The molecule has 0 saturated carbocycles. The van der Waals surface area contributed by atoms with E-state index in [0.717, 1.165) is 0 Å². The molecule has 1 atom stereocenters. The molecule has 0 aliphatic heterocycles. The molecule has 0 fully saturated rings. The van der Waals surface area contributed by atoms with E-state index in [2.05, 4.69) is 0 Å². The standard InChI is InChI=1S/C32H31NO11/c1-17(34)41-27-9-7-21(11-29(27)43-19(3)36)24-15-33(25-13-23(39-5)14-31(40-6)32(24)25)16-26(38)22-8-10-28(42-18(2)35)30(12-22)44-20(4)37/h7-15,26,38H,16H2,1-6H3. The molecule has 0 aliphatic carbocycles. The van der Waals surface area contributed by atoms with Crippen LogP contribution in [0.25, 0.3) is 22.0 Å². The number of carbonyl (C=O) groups excluding carboxylic acids is 4. The van der Waals surface area contributed by atoms with Crippen LogP contribution in [0.15, 0.2) is 54.7 Å². The molecule has 230 valence electrons. The van der Waals surface area contributed by atoms with Gasteiger partial charge in [-0.2, -0.15) is 0 Å². The fourth-order valence-corrected chi connectivity index (χ4v) is 4.66. The van der Waals surface area contributed by atoms with E-state index in [1.165, 1.54) is 60.1 Å². The molecule has 4 aromatic rings. The Morgan fingerprint density at radius 2 is 1.23 bits per heavy atom. The van der Waals surface area contributed by atoms with Gasteiger partial charge in [0.05, 0.1) is 32.4 Å². The second-order valence-electron chi connectivity index (χ2n) is 9.68.